The summed E-state index contributed by atoms with van der Waals surface area (Å²) in [5, 5.41) is 3.16. The van der Waals surface area contributed by atoms with Crippen LogP contribution in [-0.4, -0.2) is 38.3 Å². The number of hydrogen-bond donors (Lipinski definition) is 1. The second kappa shape index (κ2) is 7.71. The third kappa shape index (κ3) is 5.54. The maximum atomic E-state index is 3.16. The van der Waals surface area contributed by atoms with Gasteiger partial charge in [-0.05, 0) is 57.6 Å². The molecule has 1 rings (SSSR count). The minimum absolute atomic E-state index is 0.950. The van der Waals surface area contributed by atoms with E-state index in [0.29, 0.717) is 0 Å². The number of hydrogen-bond acceptors (Lipinski definition) is 3. The van der Waals surface area contributed by atoms with Crippen molar-refractivity contribution in [2.45, 2.75) is 17.9 Å². The highest BCUT2D eigenvalue weighted by Gasteiger charge is 1.96. The molecule has 0 aliphatic heterocycles. The molecule has 0 aromatic heterocycles. The monoisotopic (exact) mass is 238 g/mol. The van der Waals surface area contributed by atoms with Crippen molar-refractivity contribution in [2.75, 3.05) is 33.4 Å². The quantitative estimate of drug-likeness (QED) is 0.580. The Morgan fingerprint density at radius 1 is 1.19 bits per heavy atom. The van der Waals surface area contributed by atoms with Crippen molar-refractivity contribution in [3.05, 3.63) is 29.8 Å². The van der Waals surface area contributed by atoms with Crippen molar-refractivity contribution in [2.24, 2.45) is 0 Å². The molecule has 1 aromatic rings. The molecule has 3 heteroatoms. The number of benzene rings is 1. The lowest BCUT2D eigenvalue weighted by atomic mass is 10.2. The van der Waals surface area contributed by atoms with E-state index in [1.165, 1.54) is 29.2 Å². The van der Waals surface area contributed by atoms with Gasteiger partial charge in [0.2, 0.25) is 0 Å². The summed E-state index contributed by atoms with van der Waals surface area (Å²) in [5.41, 5.74) is 1.35. The highest BCUT2D eigenvalue weighted by molar-refractivity contribution is 7.99. The fourth-order valence-corrected chi connectivity index (χ4v) is 2.32. The molecule has 0 saturated carbocycles. The molecule has 0 spiro atoms. The van der Waals surface area contributed by atoms with Gasteiger partial charge in [0.25, 0.3) is 0 Å². The summed E-state index contributed by atoms with van der Waals surface area (Å²) in [6.07, 6.45) is 1.25. The van der Waals surface area contributed by atoms with Gasteiger partial charge in [-0.2, -0.15) is 0 Å². The minimum atomic E-state index is 0.950. The average molecular weight is 238 g/mol. The van der Waals surface area contributed by atoms with Crippen LogP contribution >= 0.6 is 11.8 Å². The fraction of sp³-hybridized carbons (Fsp3) is 0.538. The lowest BCUT2D eigenvalue weighted by Gasteiger charge is -2.08. The Balaban J connectivity index is 2.26. The van der Waals surface area contributed by atoms with Gasteiger partial charge in [0.05, 0.1) is 0 Å². The summed E-state index contributed by atoms with van der Waals surface area (Å²) in [6.45, 7) is 2.12. The Morgan fingerprint density at radius 3 is 2.44 bits per heavy atom. The zero-order valence-electron chi connectivity index (χ0n) is 10.5. The van der Waals surface area contributed by atoms with Crippen LogP contribution in [0.2, 0.25) is 0 Å². The van der Waals surface area contributed by atoms with E-state index in [2.05, 4.69) is 48.6 Å². The highest BCUT2D eigenvalue weighted by atomic mass is 32.2. The van der Waals surface area contributed by atoms with E-state index in [1.807, 2.05) is 18.8 Å². The summed E-state index contributed by atoms with van der Waals surface area (Å²) in [4.78, 5) is 3.61. The largest absolute Gasteiger partial charge is 0.316 e. The fourth-order valence-electron chi connectivity index (χ4n) is 1.48. The summed E-state index contributed by atoms with van der Waals surface area (Å²) < 4.78 is 0. The number of nitrogens with zero attached hydrogens (tertiary/aromatic N) is 1. The number of rotatable bonds is 7. The van der Waals surface area contributed by atoms with E-state index in [-0.39, 0.29) is 0 Å². The van der Waals surface area contributed by atoms with E-state index in [9.17, 15) is 0 Å². The van der Waals surface area contributed by atoms with Gasteiger partial charge in [-0.15, -0.1) is 11.8 Å². The predicted octanol–water partition coefficient (Wildman–Crippen LogP) is 2.45. The van der Waals surface area contributed by atoms with Crippen LogP contribution in [0.15, 0.2) is 29.2 Å². The molecule has 0 fully saturated rings. The maximum Gasteiger partial charge on any atom is 0.0202 e. The molecule has 1 aromatic carbocycles. The summed E-state index contributed by atoms with van der Waals surface area (Å²) in [5.74, 6) is 1.20. The topological polar surface area (TPSA) is 15.3 Å². The second-order valence-electron chi connectivity index (χ2n) is 4.18. The third-order valence-corrected chi connectivity index (χ3v) is 3.42. The molecular formula is C13H22N2S. The molecule has 0 saturated heterocycles. The summed E-state index contributed by atoms with van der Waals surface area (Å²) in [7, 11) is 6.22. The smallest absolute Gasteiger partial charge is 0.0202 e. The van der Waals surface area contributed by atoms with Gasteiger partial charge in [0.15, 0.2) is 0 Å². The van der Waals surface area contributed by atoms with Crippen LogP contribution in [0.3, 0.4) is 0 Å². The van der Waals surface area contributed by atoms with Crippen LogP contribution < -0.4 is 5.32 Å². The van der Waals surface area contributed by atoms with Gasteiger partial charge in [-0.3, -0.25) is 0 Å². The van der Waals surface area contributed by atoms with Crippen molar-refractivity contribution >= 4 is 11.8 Å². The van der Waals surface area contributed by atoms with Crippen LogP contribution in [0.1, 0.15) is 12.0 Å². The molecule has 90 valence electrons. The van der Waals surface area contributed by atoms with E-state index < -0.39 is 0 Å². The standard InChI is InChI=1S/C13H22N2S/c1-14-11-12-5-7-13(8-6-12)16-10-4-9-15(2)3/h5-8,14H,4,9-11H2,1-3H3. The van der Waals surface area contributed by atoms with Crippen molar-refractivity contribution in [3.8, 4) is 0 Å². The SMILES string of the molecule is CNCc1ccc(SCCCN(C)C)cc1. The summed E-state index contributed by atoms with van der Waals surface area (Å²) >= 11 is 1.94. The van der Waals surface area contributed by atoms with E-state index >= 15 is 0 Å². The first kappa shape index (κ1) is 13.6. The second-order valence-corrected chi connectivity index (χ2v) is 5.35. The molecular weight excluding hydrogens is 216 g/mol. The van der Waals surface area contributed by atoms with Gasteiger partial charge in [0.1, 0.15) is 0 Å². The van der Waals surface area contributed by atoms with E-state index in [0.717, 1.165) is 6.54 Å². The maximum absolute atomic E-state index is 3.16. The summed E-state index contributed by atoms with van der Waals surface area (Å²) in [6, 6.07) is 8.83. The third-order valence-electron chi connectivity index (χ3n) is 2.32. The highest BCUT2D eigenvalue weighted by Crippen LogP contribution is 2.19. The molecule has 0 bridgehead atoms. The molecule has 0 radical (unpaired) electrons. The lowest BCUT2D eigenvalue weighted by Crippen LogP contribution is -2.13. The first-order valence-corrected chi connectivity index (χ1v) is 6.72. The molecule has 2 nitrogen and oxygen atoms in total. The van der Waals surface area contributed by atoms with Gasteiger partial charge >= 0.3 is 0 Å². The molecule has 0 atom stereocenters. The molecule has 16 heavy (non-hydrogen) atoms. The van der Waals surface area contributed by atoms with E-state index in [4.69, 9.17) is 0 Å². The lowest BCUT2D eigenvalue weighted by molar-refractivity contribution is 0.410. The molecule has 0 amide bonds. The average Bonchev–Trinajstić information content (AvgIpc) is 2.27. The van der Waals surface area contributed by atoms with Gasteiger partial charge in [-0.25, -0.2) is 0 Å². The molecule has 0 aliphatic carbocycles. The molecule has 0 heterocycles. The van der Waals surface area contributed by atoms with Gasteiger partial charge in [0, 0.05) is 11.4 Å². The van der Waals surface area contributed by atoms with Crippen molar-refractivity contribution in [1.29, 1.82) is 0 Å². The zero-order valence-corrected chi connectivity index (χ0v) is 11.3. The van der Waals surface area contributed by atoms with Crippen molar-refractivity contribution < 1.29 is 0 Å². The first-order valence-electron chi connectivity index (χ1n) is 5.73. The molecule has 0 unspecified atom stereocenters. The van der Waals surface area contributed by atoms with E-state index in [1.54, 1.807) is 0 Å². The van der Waals surface area contributed by atoms with Crippen LogP contribution in [0.4, 0.5) is 0 Å². The number of thioether (sulfide) groups is 1. The Hall–Kier alpha value is -0.510. The molecule has 1 N–H and O–H groups in total. The predicted molar refractivity (Wildman–Crippen MR) is 73.1 cm³/mol. The zero-order chi connectivity index (χ0) is 11.8. The Bertz CT molecular complexity index is 282. The normalized spacial score (nSPS) is 11.0. The van der Waals surface area contributed by atoms with Crippen molar-refractivity contribution in [1.82, 2.24) is 10.2 Å². The van der Waals surface area contributed by atoms with Gasteiger partial charge in [-0.1, -0.05) is 12.1 Å². The first-order chi connectivity index (χ1) is 7.72. The van der Waals surface area contributed by atoms with Crippen molar-refractivity contribution in [3.63, 3.8) is 0 Å². The Labute approximate surface area is 103 Å². The molecule has 0 aliphatic rings. The number of nitrogens with one attached hydrogen (secondary N) is 1. The van der Waals surface area contributed by atoms with Gasteiger partial charge < -0.3 is 10.2 Å². The van der Waals surface area contributed by atoms with Crippen LogP contribution in [0, 0.1) is 0 Å². The Morgan fingerprint density at radius 2 is 1.88 bits per heavy atom. The Kier molecular flexibility index (Phi) is 6.53. The van der Waals surface area contributed by atoms with Crippen LogP contribution in [-0.2, 0) is 6.54 Å². The van der Waals surface area contributed by atoms with Crippen LogP contribution in [0.5, 0.6) is 0 Å². The van der Waals surface area contributed by atoms with Crippen LogP contribution in [0.25, 0.3) is 0 Å². The minimum Gasteiger partial charge on any atom is -0.316 e.